The van der Waals surface area contributed by atoms with Crippen molar-refractivity contribution >= 4 is 16.1 Å². The molecule has 3 saturated heterocycles. The number of rotatable bonds is 3. The van der Waals surface area contributed by atoms with Crippen molar-refractivity contribution in [1.82, 2.24) is 14.5 Å². The smallest absolute Gasteiger partial charge is 0.320 e. The lowest BCUT2D eigenvalue weighted by Crippen LogP contribution is -2.48. The molecule has 132 valence electrons. The van der Waals surface area contributed by atoms with Crippen molar-refractivity contribution in [2.45, 2.75) is 50.2 Å². The number of carbonyl (C=O) groups excluding carboxylic acids is 1. The minimum Gasteiger partial charge on any atom is -0.368 e. The minimum atomic E-state index is -3.20. The van der Waals surface area contributed by atoms with Crippen LogP contribution in [0.2, 0.25) is 0 Å². The van der Waals surface area contributed by atoms with Gasteiger partial charge in [0.15, 0.2) is 0 Å². The van der Waals surface area contributed by atoms with Crippen LogP contribution in [0.15, 0.2) is 0 Å². The van der Waals surface area contributed by atoms with E-state index in [1.807, 2.05) is 9.80 Å². The van der Waals surface area contributed by atoms with Crippen molar-refractivity contribution in [3.63, 3.8) is 0 Å². The van der Waals surface area contributed by atoms with Crippen LogP contribution in [0.4, 0.5) is 4.79 Å². The van der Waals surface area contributed by atoms with Gasteiger partial charge in [-0.05, 0) is 38.5 Å². The van der Waals surface area contributed by atoms with E-state index in [1.54, 1.807) is 0 Å². The molecule has 0 unspecified atom stereocenters. The number of carbonyl (C=O) groups is 1. The lowest BCUT2D eigenvalue weighted by Gasteiger charge is -2.38. The number of likely N-dealkylation sites (tertiary alicyclic amines) is 2. The lowest BCUT2D eigenvalue weighted by atomic mass is 9.90. The van der Waals surface area contributed by atoms with Gasteiger partial charge in [0.25, 0.3) is 0 Å². The third-order valence-electron chi connectivity index (χ3n) is 5.11. The minimum absolute atomic E-state index is 0.0969. The number of ether oxygens (including phenoxy) is 1. The van der Waals surface area contributed by atoms with Crippen molar-refractivity contribution in [1.29, 1.82) is 0 Å². The number of nitrogens with zero attached hydrogens (tertiary/aromatic N) is 2. The summed E-state index contributed by atoms with van der Waals surface area (Å²) in [5, 5.41) is 0. The molecule has 0 aromatic heterocycles. The SMILES string of the molecule is CS(=O)(=O)NC[C@@H]1CCC[C@]2(CCN(C(=O)N3CCCC3)C2)O1. The van der Waals surface area contributed by atoms with Gasteiger partial charge in [-0.3, -0.25) is 0 Å². The van der Waals surface area contributed by atoms with E-state index in [0.717, 1.165) is 64.4 Å². The molecule has 0 saturated carbocycles. The molecule has 3 aliphatic heterocycles. The summed E-state index contributed by atoms with van der Waals surface area (Å²) >= 11 is 0. The fourth-order valence-corrected chi connectivity index (χ4v) is 4.42. The maximum atomic E-state index is 12.5. The normalized spacial score (nSPS) is 32.0. The van der Waals surface area contributed by atoms with Crippen molar-refractivity contribution in [2.75, 3.05) is 39.0 Å². The molecule has 23 heavy (non-hydrogen) atoms. The Balaban J connectivity index is 1.56. The van der Waals surface area contributed by atoms with Crippen molar-refractivity contribution in [3.05, 3.63) is 0 Å². The molecule has 3 fully saturated rings. The summed E-state index contributed by atoms with van der Waals surface area (Å²) in [7, 11) is -3.20. The molecule has 0 aliphatic carbocycles. The number of nitrogens with one attached hydrogen (secondary N) is 1. The summed E-state index contributed by atoms with van der Waals surface area (Å²) in [6.07, 6.45) is 6.94. The molecule has 0 radical (unpaired) electrons. The summed E-state index contributed by atoms with van der Waals surface area (Å²) in [6, 6.07) is 0.138. The first-order valence-electron chi connectivity index (χ1n) is 8.53. The Morgan fingerprint density at radius 3 is 2.61 bits per heavy atom. The fraction of sp³-hybridized carbons (Fsp3) is 0.933. The summed E-state index contributed by atoms with van der Waals surface area (Å²) in [5.74, 6) is 0. The molecule has 1 spiro atoms. The number of hydrogen-bond acceptors (Lipinski definition) is 4. The van der Waals surface area contributed by atoms with E-state index in [4.69, 9.17) is 4.74 Å². The molecule has 2 atom stereocenters. The first-order chi connectivity index (χ1) is 10.9. The highest BCUT2D eigenvalue weighted by atomic mass is 32.2. The van der Waals surface area contributed by atoms with Gasteiger partial charge < -0.3 is 14.5 Å². The van der Waals surface area contributed by atoms with Gasteiger partial charge in [-0.15, -0.1) is 0 Å². The van der Waals surface area contributed by atoms with Gasteiger partial charge in [0.05, 0.1) is 24.5 Å². The first kappa shape index (κ1) is 17.0. The molecule has 3 heterocycles. The molecule has 0 aromatic carbocycles. The molecular formula is C15H27N3O4S. The quantitative estimate of drug-likeness (QED) is 0.819. The maximum Gasteiger partial charge on any atom is 0.320 e. The molecular weight excluding hydrogens is 318 g/mol. The highest BCUT2D eigenvalue weighted by Crippen LogP contribution is 2.37. The lowest BCUT2D eigenvalue weighted by molar-refractivity contribution is -0.116. The summed E-state index contributed by atoms with van der Waals surface area (Å²) in [5.41, 5.74) is -0.280. The largest absolute Gasteiger partial charge is 0.368 e. The van der Waals surface area contributed by atoms with Crippen molar-refractivity contribution < 1.29 is 17.9 Å². The Bertz CT molecular complexity index is 547. The summed E-state index contributed by atoms with van der Waals surface area (Å²) in [4.78, 5) is 16.4. The second-order valence-corrected chi connectivity index (χ2v) is 8.92. The highest BCUT2D eigenvalue weighted by molar-refractivity contribution is 7.88. The van der Waals surface area contributed by atoms with Gasteiger partial charge >= 0.3 is 6.03 Å². The third-order valence-corrected chi connectivity index (χ3v) is 5.80. The predicted octanol–water partition coefficient (Wildman–Crippen LogP) is 0.765. The fourth-order valence-electron chi connectivity index (χ4n) is 3.93. The standard InChI is InChI=1S/C15H27N3O4S/c1-23(20,21)16-11-13-5-4-6-15(22-13)7-10-18(12-15)14(19)17-8-2-3-9-17/h13,16H,2-12H2,1H3/t13-,15+/m0/s1. The zero-order valence-corrected chi connectivity index (χ0v) is 14.6. The molecule has 0 bridgehead atoms. The van der Waals surface area contributed by atoms with Crippen LogP contribution in [-0.2, 0) is 14.8 Å². The molecule has 0 aromatic rings. The van der Waals surface area contributed by atoms with E-state index in [-0.39, 0.29) is 17.7 Å². The monoisotopic (exact) mass is 345 g/mol. The average molecular weight is 345 g/mol. The second kappa shape index (κ2) is 6.57. The van der Waals surface area contributed by atoms with Crippen LogP contribution in [0.1, 0.15) is 38.5 Å². The molecule has 1 N–H and O–H groups in total. The van der Waals surface area contributed by atoms with Gasteiger partial charge in [0.1, 0.15) is 0 Å². The Morgan fingerprint density at radius 1 is 1.17 bits per heavy atom. The van der Waals surface area contributed by atoms with Gasteiger partial charge in [0, 0.05) is 26.2 Å². The topological polar surface area (TPSA) is 79.0 Å². The van der Waals surface area contributed by atoms with E-state index >= 15 is 0 Å². The number of amides is 2. The van der Waals surface area contributed by atoms with E-state index in [1.165, 1.54) is 0 Å². The van der Waals surface area contributed by atoms with Crippen LogP contribution in [0.5, 0.6) is 0 Å². The Hall–Kier alpha value is -0.860. The van der Waals surface area contributed by atoms with Crippen LogP contribution < -0.4 is 4.72 Å². The average Bonchev–Trinajstić information content (AvgIpc) is 3.14. The molecule has 2 amide bonds. The van der Waals surface area contributed by atoms with Crippen molar-refractivity contribution in [3.8, 4) is 0 Å². The Kier molecular flexibility index (Phi) is 4.85. The Morgan fingerprint density at radius 2 is 1.91 bits per heavy atom. The van der Waals surface area contributed by atoms with Gasteiger partial charge in [0.2, 0.25) is 10.0 Å². The van der Waals surface area contributed by atoms with Crippen LogP contribution >= 0.6 is 0 Å². The molecule has 3 aliphatic rings. The number of sulfonamides is 1. The van der Waals surface area contributed by atoms with E-state index < -0.39 is 10.0 Å². The van der Waals surface area contributed by atoms with Crippen LogP contribution in [0.25, 0.3) is 0 Å². The number of hydrogen-bond donors (Lipinski definition) is 1. The number of urea groups is 1. The van der Waals surface area contributed by atoms with E-state index in [9.17, 15) is 13.2 Å². The van der Waals surface area contributed by atoms with E-state index in [2.05, 4.69) is 4.72 Å². The maximum absolute atomic E-state index is 12.5. The Labute approximate surface area is 138 Å². The molecule has 3 rings (SSSR count). The predicted molar refractivity (Wildman–Crippen MR) is 86.7 cm³/mol. The zero-order valence-electron chi connectivity index (χ0n) is 13.8. The highest BCUT2D eigenvalue weighted by Gasteiger charge is 2.45. The van der Waals surface area contributed by atoms with Gasteiger partial charge in [-0.1, -0.05) is 0 Å². The summed E-state index contributed by atoms with van der Waals surface area (Å²) < 4.78 is 31.3. The van der Waals surface area contributed by atoms with Crippen molar-refractivity contribution in [2.24, 2.45) is 0 Å². The zero-order chi connectivity index (χ0) is 16.5. The molecule has 8 heteroatoms. The van der Waals surface area contributed by atoms with Crippen LogP contribution in [0.3, 0.4) is 0 Å². The molecule has 7 nitrogen and oxygen atoms in total. The third kappa shape index (κ3) is 4.16. The second-order valence-electron chi connectivity index (χ2n) is 7.08. The van der Waals surface area contributed by atoms with Crippen LogP contribution in [0, 0.1) is 0 Å². The van der Waals surface area contributed by atoms with Crippen LogP contribution in [-0.4, -0.2) is 74.9 Å². The van der Waals surface area contributed by atoms with E-state index in [0.29, 0.717) is 13.1 Å². The van der Waals surface area contributed by atoms with Gasteiger partial charge in [-0.25, -0.2) is 17.9 Å². The van der Waals surface area contributed by atoms with Gasteiger partial charge in [-0.2, -0.15) is 0 Å². The summed E-state index contributed by atoms with van der Waals surface area (Å²) in [6.45, 7) is 3.42. The first-order valence-corrected chi connectivity index (χ1v) is 10.4.